The first-order valence-corrected chi connectivity index (χ1v) is 10.8. The molecule has 17 heavy (non-hydrogen) atoms. The van der Waals surface area contributed by atoms with Crippen LogP contribution in [0, 0.1) is 6.92 Å². The second kappa shape index (κ2) is 8.30. The molecule has 0 aliphatic heterocycles. The Kier molecular flexibility index (Phi) is 8.83. The molecule has 0 N–H and O–H groups in total. The Balaban J connectivity index is 4.52. The predicted molar refractivity (Wildman–Crippen MR) is 85.1 cm³/mol. The highest BCUT2D eigenvalue weighted by atomic mass is 35.6. The van der Waals surface area contributed by atoms with Gasteiger partial charge in [-0.2, -0.15) is 0 Å². The molecule has 0 aliphatic carbocycles. The van der Waals surface area contributed by atoms with Crippen LogP contribution in [0.15, 0.2) is 0 Å². The van der Waals surface area contributed by atoms with Crippen LogP contribution in [0.25, 0.3) is 0 Å². The summed E-state index contributed by atoms with van der Waals surface area (Å²) in [7, 11) is -1.37. The van der Waals surface area contributed by atoms with Crippen molar-refractivity contribution in [3.05, 3.63) is 6.92 Å². The number of halogens is 3. The Morgan fingerprint density at radius 1 is 1.06 bits per heavy atom. The van der Waals surface area contributed by atoms with E-state index in [9.17, 15) is 0 Å². The van der Waals surface area contributed by atoms with Crippen molar-refractivity contribution in [3.63, 3.8) is 0 Å². The molecule has 0 fully saturated rings. The summed E-state index contributed by atoms with van der Waals surface area (Å²) in [6, 6.07) is 2.64. The average molecular weight is 317 g/mol. The summed E-state index contributed by atoms with van der Waals surface area (Å²) >= 11 is 17.7. The second-order valence-electron chi connectivity index (χ2n) is 5.38. The topological polar surface area (TPSA) is 0 Å². The van der Waals surface area contributed by atoms with Gasteiger partial charge in [-0.15, -0.1) is 0 Å². The van der Waals surface area contributed by atoms with Crippen LogP contribution in [0.1, 0.15) is 46.0 Å². The highest BCUT2D eigenvalue weighted by Crippen LogP contribution is 2.43. The zero-order valence-electron chi connectivity index (χ0n) is 11.4. The molecule has 0 heterocycles. The third kappa shape index (κ3) is 7.97. The van der Waals surface area contributed by atoms with Crippen molar-refractivity contribution in [1.82, 2.24) is 0 Å². The van der Waals surface area contributed by atoms with Crippen molar-refractivity contribution in [2.75, 3.05) is 0 Å². The average Bonchev–Trinajstić information content (AvgIpc) is 2.21. The molecule has 0 saturated carbocycles. The minimum atomic E-state index is -1.37. The Bertz CT molecular complexity index is 193. The van der Waals surface area contributed by atoms with Gasteiger partial charge >= 0.3 is 0 Å². The zero-order valence-corrected chi connectivity index (χ0v) is 14.6. The fourth-order valence-corrected chi connectivity index (χ4v) is 7.36. The fourth-order valence-electron chi connectivity index (χ4n) is 2.22. The molecule has 0 aliphatic rings. The quantitative estimate of drug-likeness (QED) is 0.348. The smallest absolute Gasteiger partial charge is 0.0837 e. The summed E-state index contributed by atoms with van der Waals surface area (Å²) in [5.41, 5.74) is 0.341. The highest BCUT2D eigenvalue weighted by Gasteiger charge is 2.36. The van der Waals surface area contributed by atoms with E-state index in [-0.39, 0.29) is 0 Å². The molecule has 1 radical (unpaired) electrons. The van der Waals surface area contributed by atoms with E-state index in [1.165, 1.54) is 37.8 Å². The zero-order chi connectivity index (χ0) is 13.5. The second-order valence-corrected chi connectivity index (χ2v) is 13.0. The molecule has 103 valence electrons. The number of hydrogen-bond donors (Lipinski definition) is 0. The molecule has 0 amide bonds. The van der Waals surface area contributed by atoms with E-state index in [1.54, 1.807) is 0 Å². The van der Waals surface area contributed by atoms with Gasteiger partial charge in [-0.3, -0.25) is 0 Å². The van der Waals surface area contributed by atoms with Gasteiger partial charge in [0.15, 0.2) is 3.79 Å². The molecule has 4 heteroatoms. The Labute approximate surface area is 123 Å². The molecule has 0 spiro atoms. The van der Waals surface area contributed by atoms with Crippen molar-refractivity contribution in [1.29, 1.82) is 0 Å². The van der Waals surface area contributed by atoms with E-state index in [4.69, 9.17) is 34.8 Å². The van der Waals surface area contributed by atoms with Crippen LogP contribution in [0.5, 0.6) is 0 Å². The summed E-state index contributed by atoms with van der Waals surface area (Å²) < 4.78 is -1.14. The SMILES string of the molecule is [CH2]C(CC(Cl)(Cl)Cl)[Si](C)(CCCC)CCCC. The molecule has 0 aromatic carbocycles. The van der Waals surface area contributed by atoms with Crippen LogP contribution >= 0.6 is 34.8 Å². The van der Waals surface area contributed by atoms with Gasteiger partial charge in [0.1, 0.15) is 0 Å². The summed E-state index contributed by atoms with van der Waals surface area (Å²) in [5, 5.41) is 0. The first-order valence-electron chi connectivity index (χ1n) is 6.65. The van der Waals surface area contributed by atoms with Gasteiger partial charge in [0, 0.05) is 0 Å². The minimum absolute atomic E-state index is 0.341. The third-order valence-corrected chi connectivity index (χ3v) is 9.30. The number of alkyl halides is 3. The Morgan fingerprint density at radius 3 is 1.76 bits per heavy atom. The van der Waals surface area contributed by atoms with Gasteiger partial charge in [-0.1, -0.05) is 99.9 Å². The molecule has 1 unspecified atom stereocenters. The molecule has 0 bridgehead atoms. The molecular weight excluding hydrogens is 291 g/mol. The van der Waals surface area contributed by atoms with Gasteiger partial charge in [-0.05, 0) is 12.0 Å². The number of hydrogen-bond acceptors (Lipinski definition) is 0. The standard InChI is InChI=1S/C13H26Cl3Si/c1-5-7-9-17(4,10-8-6-2)12(3)11-13(14,15)16/h12H,3,5-11H2,1-2,4H3. The molecule has 0 nitrogen and oxygen atoms in total. The number of unbranched alkanes of at least 4 members (excludes halogenated alkanes) is 2. The lowest BCUT2D eigenvalue weighted by Gasteiger charge is -2.35. The maximum Gasteiger partial charge on any atom is 0.190 e. The lowest BCUT2D eigenvalue weighted by molar-refractivity contribution is 0.769. The first-order chi connectivity index (χ1) is 7.75. The molecule has 1 atom stereocenters. The van der Waals surface area contributed by atoms with E-state index in [0.717, 1.165) is 0 Å². The molecular formula is C13H26Cl3Si. The van der Waals surface area contributed by atoms with Crippen LogP contribution in [0.4, 0.5) is 0 Å². The van der Waals surface area contributed by atoms with Gasteiger partial charge in [0.2, 0.25) is 0 Å². The van der Waals surface area contributed by atoms with Crippen molar-refractivity contribution in [2.24, 2.45) is 0 Å². The molecule has 0 saturated heterocycles. The van der Waals surface area contributed by atoms with Gasteiger partial charge < -0.3 is 0 Å². The van der Waals surface area contributed by atoms with E-state index >= 15 is 0 Å². The largest absolute Gasteiger partial charge is 0.190 e. The highest BCUT2D eigenvalue weighted by molar-refractivity contribution is 6.80. The van der Waals surface area contributed by atoms with Gasteiger partial charge in [-0.25, -0.2) is 0 Å². The predicted octanol–water partition coefficient (Wildman–Crippen LogP) is 6.63. The first kappa shape index (κ1) is 18.1. The van der Waals surface area contributed by atoms with Crippen molar-refractivity contribution in [2.45, 2.75) is 73.9 Å². The van der Waals surface area contributed by atoms with Crippen molar-refractivity contribution >= 4 is 42.9 Å². The maximum absolute atomic E-state index is 5.92. The van der Waals surface area contributed by atoms with Crippen LogP contribution in [-0.4, -0.2) is 11.9 Å². The molecule has 0 aromatic rings. The van der Waals surface area contributed by atoms with Gasteiger partial charge in [0.05, 0.1) is 8.07 Å². The monoisotopic (exact) mass is 315 g/mol. The lowest BCUT2D eigenvalue weighted by Crippen LogP contribution is -2.36. The lowest BCUT2D eigenvalue weighted by atomic mass is 10.3. The Hall–Kier alpha value is 1.09. The van der Waals surface area contributed by atoms with E-state index < -0.39 is 11.9 Å². The van der Waals surface area contributed by atoms with E-state index in [2.05, 4.69) is 27.3 Å². The van der Waals surface area contributed by atoms with E-state index in [0.29, 0.717) is 12.0 Å². The third-order valence-electron chi connectivity index (χ3n) is 3.67. The summed E-state index contributed by atoms with van der Waals surface area (Å²) in [4.78, 5) is 0. The number of rotatable bonds is 8. The molecule has 0 aromatic heterocycles. The van der Waals surface area contributed by atoms with E-state index in [1.807, 2.05) is 0 Å². The van der Waals surface area contributed by atoms with Gasteiger partial charge in [0.25, 0.3) is 0 Å². The van der Waals surface area contributed by atoms with Crippen LogP contribution in [0.3, 0.4) is 0 Å². The van der Waals surface area contributed by atoms with Crippen LogP contribution < -0.4 is 0 Å². The fraction of sp³-hybridized carbons (Fsp3) is 0.923. The maximum atomic E-state index is 5.92. The summed E-state index contributed by atoms with van der Waals surface area (Å²) in [5.74, 6) is 0. The Morgan fingerprint density at radius 2 is 1.47 bits per heavy atom. The van der Waals surface area contributed by atoms with Crippen molar-refractivity contribution in [3.8, 4) is 0 Å². The van der Waals surface area contributed by atoms with Crippen LogP contribution in [-0.2, 0) is 0 Å². The minimum Gasteiger partial charge on any atom is -0.0837 e. The van der Waals surface area contributed by atoms with Crippen LogP contribution in [0.2, 0.25) is 24.2 Å². The summed E-state index contributed by atoms with van der Waals surface area (Å²) in [6.07, 6.45) is 5.68. The molecule has 0 rings (SSSR count). The van der Waals surface area contributed by atoms with Crippen molar-refractivity contribution < 1.29 is 0 Å². The normalized spacial score (nSPS) is 15.0. The summed E-state index contributed by atoms with van der Waals surface area (Å²) in [6.45, 7) is 11.2.